The molecule has 1 aliphatic carbocycles. The number of nitrogens with zero attached hydrogens (tertiary/aromatic N) is 1. The van der Waals surface area contributed by atoms with Gasteiger partial charge in [-0.2, -0.15) is 0 Å². The zero-order valence-corrected chi connectivity index (χ0v) is 12.4. The van der Waals surface area contributed by atoms with E-state index >= 15 is 0 Å². The van der Waals surface area contributed by atoms with Crippen molar-refractivity contribution in [2.45, 2.75) is 45.6 Å². The van der Waals surface area contributed by atoms with Crippen molar-refractivity contribution in [3.8, 4) is 0 Å². The van der Waals surface area contributed by atoms with E-state index in [0.29, 0.717) is 6.04 Å². The molecule has 3 rings (SSSR count). The van der Waals surface area contributed by atoms with Gasteiger partial charge >= 0.3 is 0 Å². The molecule has 19 heavy (non-hydrogen) atoms. The van der Waals surface area contributed by atoms with Crippen molar-refractivity contribution in [3.63, 3.8) is 0 Å². The van der Waals surface area contributed by atoms with Gasteiger partial charge in [-0.15, -0.1) is 11.3 Å². The highest BCUT2D eigenvalue weighted by Crippen LogP contribution is 2.33. The predicted molar refractivity (Wildman–Crippen MR) is 82.0 cm³/mol. The molecule has 2 nitrogen and oxygen atoms in total. The molecule has 0 bridgehead atoms. The van der Waals surface area contributed by atoms with Gasteiger partial charge < -0.3 is 5.32 Å². The molecule has 2 heterocycles. The number of aryl methyl sites for hydroxylation is 3. The van der Waals surface area contributed by atoms with E-state index in [9.17, 15) is 0 Å². The topological polar surface area (TPSA) is 24.9 Å². The van der Waals surface area contributed by atoms with Crippen molar-refractivity contribution in [2.24, 2.45) is 0 Å². The fourth-order valence-corrected chi connectivity index (χ4v) is 3.94. The molecule has 2 aromatic heterocycles. The Balaban J connectivity index is 1.76. The van der Waals surface area contributed by atoms with Gasteiger partial charge in [-0.3, -0.25) is 4.98 Å². The van der Waals surface area contributed by atoms with Gasteiger partial charge in [0.1, 0.15) is 0 Å². The lowest BCUT2D eigenvalue weighted by atomic mass is 9.99. The number of rotatable bonds is 3. The van der Waals surface area contributed by atoms with E-state index in [-0.39, 0.29) is 0 Å². The molecule has 2 aromatic rings. The minimum absolute atomic E-state index is 0.360. The normalized spacial score (nSPS) is 15.9. The Hall–Kier alpha value is -1.35. The number of hydrogen-bond acceptors (Lipinski definition) is 3. The van der Waals surface area contributed by atoms with Gasteiger partial charge in [-0.05, 0) is 62.8 Å². The average Bonchev–Trinajstić information content (AvgIpc) is 2.82. The number of pyridine rings is 1. The van der Waals surface area contributed by atoms with Crippen LogP contribution in [0, 0.1) is 6.92 Å². The molecule has 100 valence electrons. The molecule has 0 radical (unpaired) electrons. The Labute approximate surface area is 118 Å². The van der Waals surface area contributed by atoms with Crippen LogP contribution in [0.25, 0.3) is 0 Å². The molecule has 0 fully saturated rings. The Morgan fingerprint density at radius 3 is 2.84 bits per heavy atom. The predicted octanol–water partition coefficient (Wildman–Crippen LogP) is 4.50. The standard InChI is InChI=1S/C16H20N2S/c1-11-7-14(10-17-9-11)18-12(2)16-8-13-5-3-4-6-15(13)19-16/h7-10,12,18H,3-6H2,1-2H3. The van der Waals surface area contributed by atoms with Crippen LogP contribution in [0.1, 0.15) is 46.7 Å². The van der Waals surface area contributed by atoms with Crippen molar-refractivity contribution in [1.29, 1.82) is 0 Å². The van der Waals surface area contributed by atoms with Gasteiger partial charge in [0.15, 0.2) is 0 Å². The molecule has 0 amide bonds. The van der Waals surface area contributed by atoms with Crippen molar-refractivity contribution in [1.82, 2.24) is 4.98 Å². The van der Waals surface area contributed by atoms with Gasteiger partial charge in [0.05, 0.1) is 11.7 Å². The van der Waals surface area contributed by atoms with Crippen molar-refractivity contribution >= 4 is 17.0 Å². The third-order valence-electron chi connectivity index (χ3n) is 3.70. The lowest BCUT2D eigenvalue weighted by Gasteiger charge is -2.13. The van der Waals surface area contributed by atoms with Crippen LogP contribution >= 0.6 is 11.3 Å². The van der Waals surface area contributed by atoms with E-state index in [0.717, 1.165) is 5.69 Å². The number of anilines is 1. The summed E-state index contributed by atoms with van der Waals surface area (Å²) in [5.74, 6) is 0. The maximum absolute atomic E-state index is 4.24. The molecule has 1 aliphatic rings. The fraction of sp³-hybridized carbons (Fsp3) is 0.438. The molecule has 3 heteroatoms. The highest BCUT2D eigenvalue weighted by atomic mass is 32.1. The van der Waals surface area contributed by atoms with Gasteiger partial charge in [-0.25, -0.2) is 0 Å². The number of fused-ring (bicyclic) bond motifs is 1. The van der Waals surface area contributed by atoms with Crippen LogP contribution in [0.15, 0.2) is 24.5 Å². The van der Waals surface area contributed by atoms with E-state index in [2.05, 4.69) is 36.3 Å². The Morgan fingerprint density at radius 1 is 1.21 bits per heavy atom. The van der Waals surface area contributed by atoms with Gasteiger partial charge in [-0.1, -0.05) is 0 Å². The van der Waals surface area contributed by atoms with E-state index < -0.39 is 0 Å². The van der Waals surface area contributed by atoms with Crippen LogP contribution in [-0.2, 0) is 12.8 Å². The first kappa shape index (κ1) is 12.7. The molecular weight excluding hydrogens is 252 g/mol. The smallest absolute Gasteiger partial charge is 0.0579 e. The summed E-state index contributed by atoms with van der Waals surface area (Å²) in [4.78, 5) is 7.30. The van der Waals surface area contributed by atoms with Crippen molar-refractivity contribution < 1.29 is 0 Å². The highest BCUT2D eigenvalue weighted by Gasteiger charge is 2.16. The van der Waals surface area contributed by atoms with Crippen molar-refractivity contribution in [3.05, 3.63) is 45.4 Å². The van der Waals surface area contributed by atoms with Crippen LogP contribution in [0.3, 0.4) is 0 Å². The third-order valence-corrected chi connectivity index (χ3v) is 5.12. The molecule has 1 N–H and O–H groups in total. The minimum atomic E-state index is 0.360. The average molecular weight is 272 g/mol. The van der Waals surface area contributed by atoms with Crippen LogP contribution in [-0.4, -0.2) is 4.98 Å². The number of nitrogens with one attached hydrogen (secondary N) is 1. The SMILES string of the molecule is Cc1cncc(NC(C)c2cc3c(s2)CCCC3)c1. The first-order chi connectivity index (χ1) is 9.22. The summed E-state index contributed by atoms with van der Waals surface area (Å²) in [5, 5.41) is 3.56. The zero-order chi connectivity index (χ0) is 13.2. The molecule has 0 spiro atoms. The largest absolute Gasteiger partial charge is 0.376 e. The van der Waals surface area contributed by atoms with Crippen molar-refractivity contribution in [2.75, 3.05) is 5.32 Å². The monoisotopic (exact) mass is 272 g/mol. The van der Waals surface area contributed by atoms with Crippen LogP contribution in [0.4, 0.5) is 5.69 Å². The molecular formula is C16H20N2S. The summed E-state index contributed by atoms with van der Waals surface area (Å²) in [6.07, 6.45) is 9.04. The van der Waals surface area contributed by atoms with Gasteiger partial charge in [0.25, 0.3) is 0 Å². The summed E-state index contributed by atoms with van der Waals surface area (Å²) < 4.78 is 0. The Kier molecular flexibility index (Phi) is 3.56. The minimum Gasteiger partial charge on any atom is -0.376 e. The number of aromatic nitrogens is 1. The summed E-state index contributed by atoms with van der Waals surface area (Å²) in [6, 6.07) is 4.91. The Bertz CT molecular complexity index is 550. The van der Waals surface area contributed by atoms with Crippen LogP contribution < -0.4 is 5.32 Å². The van der Waals surface area contributed by atoms with E-state index in [4.69, 9.17) is 0 Å². The lowest BCUT2D eigenvalue weighted by Crippen LogP contribution is -2.05. The van der Waals surface area contributed by atoms with Crippen LogP contribution in [0.2, 0.25) is 0 Å². The number of thiophene rings is 1. The van der Waals surface area contributed by atoms with E-state index in [1.54, 1.807) is 10.4 Å². The molecule has 0 aromatic carbocycles. The molecule has 0 saturated heterocycles. The summed E-state index contributed by atoms with van der Waals surface area (Å²) in [7, 11) is 0. The summed E-state index contributed by atoms with van der Waals surface area (Å²) in [5.41, 5.74) is 3.89. The van der Waals surface area contributed by atoms with Gasteiger partial charge in [0.2, 0.25) is 0 Å². The second-order valence-corrected chi connectivity index (χ2v) is 6.59. The molecule has 1 unspecified atom stereocenters. The van der Waals surface area contributed by atoms with Crippen LogP contribution in [0.5, 0.6) is 0 Å². The first-order valence-corrected chi connectivity index (χ1v) is 7.84. The summed E-state index contributed by atoms with van der Waals surface area (Å²) in [6.45, 7) is 4.31. The maximum Gasteiger partial charge on any atom is 0.0579 e. The molecule has 0 saturated carbocycles. The fourth-order valence-electron chi connectivity index (χ4n) is 2.68. The zero-order valence-electron chi connectivity index (χ0n) is 11.6. The second-order valence-electron chi connectivity index (χ2n) is 5.42. The summed E-state index contributed by atoms with van der Waals surface area (Å²) >= 11 is 1.98. The maximum atomic E-state index is 4.24. The third kappa shape index (κ3) is 2.81. The number of hydrogen-bond donors (Lipinski definition) is 1. The Morgan fingerprint density at radius 2 is 2.05 bits per heavy atom. The molecule has 1 atom stereocenters. The molecule has 0 aliphatic heterocycles. The quantitative estimate of drug-likeness (QED) is 0.889. The van der Waals surface area contributed by atoms with E-state index in [1.165, 1.54) is 36.1 Å². The highest BCUT2D eigenvalue weighted by molar-refractivity contribution is 7.12. The first-order valence-electron chi connectivity index (χ1n) is 7.02. The van der Waals surface area contributed by atoms with Gasteiger partial charge in [0, 0.05) is 22.1 Å². The lowest BCUT2D eigenvalue weighted by molar-refractivity contribution is 0.696. The van der Waals surface area contributed by atoms with E-state index in [1.807, 2.05) is 23.7 Å². The second kappa shape index (κ2) is 5.33.